The lowest BCUT2D eigenvalue weighted by atomic mass is 10.1. The number of anilines is 1. The van der Waals surface area contributed by atoms with Gasteiger partial charge in [-0.3, -0.25) is 4.79 Å². The van der Waals surface area contributed by atoms with Gasteiger partial charge in [-0.25, -0.2) is 9.59 Å². The number of hydrogen-bond acceptors (Lipinski definition) is 5. The fourth-order valence-electron chi connectivity index (χ4n) is 2.20. The fraction of sp³-hybridized carbons (Fsp3) is 0.167. The molecule has 0 heterocycles. The number of rotatable bonds is 4. The van der Waals surface area contributed by atoms with Crippen LogP contribution in [-0.4, -0.2) is 32.1 Å². The second-order valence-corrected chi connectivity index (χ2v) is 5.01. The molecule has 6 heteroatoms. The number of carbonyl (C=O) groups is 3. The SMILES string of the molecule is COC(=O)c1ccc(C(=O)OC)c(NC(=O)c2ccccc2C)c1. The highest BCUT2D eigenvalue weighted by atomic mass is 16.5. The minimum Gasteiger partial charge on any atom is -0.465 e. The summed E-state index contributed by atoms with van der Waals surface area (Å²) < 4.78 is 9.37. The van der Waals surface area contributed by atoms with Gasteiger partial charge in [0, 0.05) is 5.56 Å². The van der Waals surface area contributed by atoms with Crippen molar-refractivity contribution in [3.8, 4) is 0 Å². The molecule has 0 fully saturated rings. The number of aryl methyl sites for hydroxylation is 1. The number of carbonyl (C=O) groups excluding carboxylic acids is 3. The molecule has 0 saturated carbocycles. The normalized spacial score (nSPS) is 9.96. The highest BCUT2D eigenvalue weighted by molar-refractivity contribution is 6.09. The molecular weight excluding hydrogens is 310 g/mol. The van der Waals surface area contributed by atoms with Crippen LogP contribution in [-0.2, 0) is 9.47 Å². The van der Waals surface area contributed by atoms with E-state index in [0.29, 0.717) is 5.56 Å². The topological polar surface area (TPSA) is 81.7 Å². The average molecular weight is 327 g/mol. The third kappa shape index (κ3) is 3.60. The van der Waals surface area contributed by atoms with E-state index in [-0.39, 0.29) is 22.7 Å². The van der Waals surface area contributed by atoms with Gasteiger partial charge >= 0.3 is 11.9 Å². The Hall–Kier alpha value is -3.15. The minimum atomic E-state index is -0.619. The van der Waals surface area contributed by atoms with Crippen LogP contribution < -0.4 is 5.32 Å². The van der Waals surface area contributed by atoms with Crippen molar-refractivity contribution in [2.75, 3.05) is 19.5 Å². The van der Waals surface area contributed by atoms with Crippen molar-refractivity contribution in [3.63, 3.8) is 0 Å². The first kappa shape index (κ1) is 17.2. The van der Waals surface area contributed by atoms with Crippen molar-refractivity contribution in [1.82, 2.24) is 0 Å². The first-order chi connectivity index (χ1) is 11.5. The quantitative estimate of drug-likeness (QED) is 0.873. The summed E-state index contributed by atoms with van der Waals surface area (Å²) in [5.41, 5.74) is 1.80. The number of nitrogens with one attached hydrogen (secondary N) is 1. The lowest BCUT2D eigenvalue weighted by Gasteiger charge is -2.12. The van der Waals surface area contributed by atoms with E-state index in [1.165, 1.54) is 32.4 Å². The molecule has 1 N–H and O–H groups in total. The zero-order chi connectivity index (χ0) is 17.7. The summed E-state index contributed by atoms with van der Waals surface area (Å²) in [6, 6.07) is 11.3. The molecule has 6 nitrogen and oxygen atoms in total. The second kappa shape index (κ2) is 7.41. The smallest absolute Gasteiger partial charge is 0.339 e. The van der Waals surface area contributed by atoms with Gasteiger partial charge in [0.15, 0.2) is 0 Å². The number of methoxy groups -OCH3 is 2. The standard InChI is InChI=1S/C18H17NO5/c1-11-6-4-5-7-13(11)16(20)19-15-10-12(17(21)23-2)8-9-14(15)18(22)24-3/h4-10H,1-3H3,(H,19,20). The molecule has 0 saturated heterocycles. The summed E-state index contributed by atoms with van der Waals surface area (Å²) in [6.07, 6.45) is 0. The molecule has 0 atom stereocenters. The number of esters is 2. The summed E-state index contributed by atoms with van der Waals surface area (Å²) in [5.74, 6) is -1.58. The van der Waals surface area contributed by atoms with Gasteiger partial charge in [-0.2, -0.15) is 0 Å². The van der Waals surface area contributed by atoms with E-state index >= 15 is 0 Å². The molecular formula is C18H17NO5. The van der Waals surface area contributed by atoms with Gasteiger partial charge in [0.1, 0.15) is 0 Å². The Morgan fingerprint density at radius 3 is 2.17 bits per heavy atom. The van der Waals surface area contributed by atoms with E-state index in [0.717, 1.165) is 5.56 Å². The van der Waals surface area contributed by atoms with Crippen molar-refractivity contribution in [1.29, 1.82) is 0 Å². The monoisotopic (exact) mass is 327 g/mol. The van der Waals surface area contributed by atoms with E-state index in [4.69, 9.17) is 4.74 Å². The van der Waals surface area contributed by atoms with Gasteiger partial charge in [-0.1, -0.05) is 18.2 Å². The van der Waals surface area contributed by atoms with E-state index < -0.39 is 11.9 Å². The van der Waals surface area contributed by atoms with E-state index in [1.807, 2.05) is 6.07 Å². The van der Waals surface area contributed by atoms with Crippen molar-refractivity contribution < 1.29 is 23.9 Å². The first-order valence-electron chi connectivity index (χ1n) is 7.15. The second-order valence-electron chi connectivity index (χ2n) is 5.01. The van der Waals surface area contributed by atoms with Crippen molar-refractivity contribution >= 4 is 23.5 Å². The zero-order valence-electron chi connectivity index (χ0n) is 13.6. The molecule has 24 heavy (non-hydrogen) atoms. The highest BCUT2D eigenvalue weighted by Gasteiger charge is 2.18. The third-order valence-corrected chi connectivity index (χ3v) is 3.48. The van der Waals surface area contributed by atoms with E-state index in [1.54, 1.807) is 25.1 Å². The minimum absolute atomic E-state index is 0.145. The maximum Gasteiger partial charge on any atom is 0.339 e. The molecule has 0 spiro atoms. The van der Waals surface area contributed by atoms with Gasteiger partial charge in [0.2, 0.25) is 0 Å². The average Bonchev–Trinajstić information content (AvgIpc) is 2.60. The molecule has 1 amide bonds. The van der Waals surface area contributed by atoms with Crippen LogP contribution in [0.1, 0.15) is 36.6 Å². The summed E-state index contributed by atoms with van der Waals surface area (Å²) >= 11 is 0. The summed E-state index contributed by atoms with van der Waals surface area (Å²) in [6.45, 7) is 1.81. The molecule has 124 valence electrons. The number of ether oxygens (including phenoxy) is 2. The third-order valence-electron chi connectivity index (χ3n) is 3.48. The number of amides is 1. The van der Waals surface area contributed by atoms with Crippen molar-refractivity contribution in [2.24, 2.45) is 0 Å². The van der Waals surface area contributed by atoms with Gasteiger partial charge < -0.3 is 14.8 Å². The van der Waals surface area contributed by atoms with Crippen LogP contribution in [0.15, 0.2) is 42.5 Å². The Kier molecular flexibility index (Phi) is 5.31. The van der Waals surface area contributed by atoms with E-state index in [2.05, 4.69) is 10.1 Å². The predicted octanol–water partition coefficient (Wildman–Crippen LogP) is 2.82. The Bertz CT molecular complexity index is 798. The van der Waals surface area contributed by atoms with Gasteiger partial charge in [-0.05, 0) is 36.8 Å². The van der Waals surface area contributed by atoms with Gasteiger partial charge in [-0.15, -0.1) is 0 Å². The Morgan fingerprint density at radius 1 is 0.875 bits per heavy atom. The van der Waals surface area contributed by atoms with Gasteiger partial charge in [0.05, 0.1) is 31.0 Å². The maximum atomic E-state index is 12.5. The highest BCUT2D eigenvalue weighted by Crippen LogP contribution is 2.21. The molecule has 0 aliphatic rings. The lowest BCUT2D eigenvalue weighted by Crippen LogP contribution is -2.17. The van der Waals surface area contributed by atoms with Crippen LogP contribution in [0.4, 0.5) is 5.69 Å². The fourth-order valence-corrected chi connectivity index (χ4v) is 2.20. The van der Waals surface area contributed by atoms with Crippen molar-refractivity contribution in [3.05, 3.63) is 64.7 Å². The molecule has 0 aliphatic carbocycles. The molecule has 0 radical (unpaired) electrons. The predicted molar refractivity (Wildman–Crippen MR) is 88.3 cm³/mol. The summed E-state index contributed by atoms with van der Waals surface area (Å²) in [4.78, 5) is 36.0. The van der Waals surface area contributed by atoms with Crippen LogP contribution in [0.2, 0.25) is 0 Å². The number of benzene rings is 2. The lowest BCUT2D eigenvalue weighted by molar-refractivity contribution is 0.0587. The Morgan fingerprint density at radius 2 is 1.54 bits per heavy atom. The van der Waals surface area contributed by atoms with Crippen LogP contribution in [0.5, 0.6) is 0 Å². The van der Waals surface area contributed by atoms with E-state index in [9.17, 15) is 14.4 Å². The molecule has 0 aliphatic heterocycles. The summed E-state index contributed by atoms with van der Waals surface area (Å²) in [7, 11) is 2.49. The maximum absolute atomic E-state index is 12.5. The number of hydrogen-bond donors (Lipinski definition) is 1. The Balaban J connectivity index is 2.42. The molecule has 2 aromatic rings. The first-order valence-corrected chi connectivity index (χ1v) is 7.15. The molecule has 0 unspecified atom stereocenters. The summed E-state index contributed by atoms with van der Waals surface area (Å²) in [5, 5.41) is 2.65. The van der Waals surface area contributed by atoms with Crippen LogP contribution in [0.25, 0.3) is 0 Å². The molecule has 0 aromatic heterocycles. The molecule has 2 rings (SSSR count). The van der Waals surface area contributed by atoms with Crippen LogP contribution >= 0.6 is 0 Å². The zero-order valence-corrected chi connectivity index (χ0v) is 13.6. The largest absolute Gasteiger partial charge is 0.465 e. The van der Waals surface area contributed by atoms with Crippen LogP contribution in [0, 0.1) is 6.92 Å². The van der Waals surface area contributed by atoms with Crippen LogP contribution in [0.3, 0.4) is 0 Å². The Labute approximate surface area is 139 Å². The van der Waals surface area contributed by atoms with Gasteiger partial charge in [0.25, 0.3) is 5.91 Å². The molecule has 2 aromatic carbocycles. The molecule has 0 bridgehead atoms. The van der Waals surface area contributed by atoms with Crippen molar-refractivity contribution in [2.45, 2.75) is 6.92 Å².